The van der Waals surface area contributed by atoms with Gasteiger partial charge in [-0.2, -0.15) is 0 Å². The van der Waals surface area contributed by atoms with Crippen LogP contribution in [0.5, 0.6) is 0 Å². The van der Waals surface area contributed by atoms with E-state index in [9.17, 15) is 9.90 Å². The Morgan fingerprint density at radius 3 is 2.37 bits per heavy atom. The minimum Gasteiger partial charge on any atom is -0.481 e. The first kappa shape index (κ1) is 14.8. The number of carboxylic acids is 1. The predicted molar refractivity (Wildman–Crippen MR) is 76.3 cm³/mol. The fourth-order valence-corrected chi connectivity index (χ4v) is 3.60. The number of hydrogen-bond acceptors (Lipinski definition) is 3. The van der Waals surface area contributed by atoms with E-state index < -0.39 is 11.4 Å². The second kappa shape index (κ2) is 5.80. The molecule has 4 nitrogen and oxygen atoms in total. The molecule has 110 valence electrons. The molecule has 1 unspecified atom stereocenters. The van der Waals surface area contributed by atoms with Gasteiger partial charge in [-0.25, -0.2) is 0 Å². The number of likely N-dealkylation sites (tertiary alicyclic amines) is 2. The molecule has 0 aromatic carbocycles. The van der Waals surface area contributed by atoms with Crippen molar-refractivity contribution in [3.05, 3.63) is 0 Å². The molecule has 1 atom stereocenters. The van der Waals surface area contributed by atoms with E-state index in [-0.39, 0.29) is 0 Å². The van der Waals surface area contributed by atoms with Crippen LogP contribution in [0.2, 0.25) is 0 Å². The Balaban J connectivity index is 1.90. The number of nitrogens with zero attached hydrogens (tertiary/aromatic N) is 2. The van der Waals surface area contributed by atoms with Gasteiger partial charge in [-0.15, -0.1) is 0 Å². The number of carboxylic acid groups (broad SMARTS) is 1. The maximum absolute atomic E-state index is 11.5. The summed E-state index contributed by atoms with van der Waals surface area (Å²) >= 11 is 0. The summed E-state index contributed by atoms with van der Waals surface area (Å²) in [4.78, 5) is 16.5. The Labute approximate surface area is 116 Å². The summed E-state index contributed by atoms with van der Waals surface area (Å²) in [6.07, 6.45) is 3.96. The number of aliphatic carboxylic acids is 1. The molecule has 0 aromatic heterocycles. The molecular formula is C15H28N2O2. The highest BCUT2D eigenvalue weighted by atomic mass is 16.4. The van der Waals surface area contributed by atoms with Crippen LogP contribution >= 0.6 is 0 Å². The Kier molecular flexibility index (Phi) is 4.51. The second-order valence-corrected chi connectivity index (χ2v) is 6.52. The molecule has 0 radical (unpaired) electrons. The number of carbonyl (C=O) groups is 1. The van der Waals surface area contributed by atoms with Crippen molar-refractivity contribution in [3.63, 3.8) is 0 Å². The van der Waals surface area contributed by atoms with Crippen molar-refractivity contribution in [2.75, 3.05) is 26.2 Å². The van der Waals surface area contributed by atoms with Gasteiger partial charge in [0.05, 0.1) is 5.41 Å². The molecule has 0 saturated carbocycles. The van der Waals surface area contributed by atoms with Crippen molar-refractivity contribution in [2.45, 2.75) is 58.5 Å². The third-order valence-corrected chi connectivity index (χ3v) is 5.26. The first-order valence-electron chi connectivity index (χ1n) is 7.70. The average molecular weight is 268 g/mol. The zero-order valence-electron chi connectivity index (χ0n) is 12.6. The van der Waals surface area contributed by atoms with Crippen molar-refractivity contribution >= 4 is 5.97 Å². The summed E-state index contributed by atoms with van der Waals surface area (Å²) < 4.78 is 0. The minimum atomic E-state index is -0.600. The third kappa shape index (κ3) is 2.95. The van der Waals surface area contributed by atoms with Crippen LogP contribution < -0.4 is 0 Å². The Bertz CT molecular complexity index is 324. The van der Waals surface area contributed by atoms with Crippen LogP contribution in [0.4, 0.5) is 0 Å². The normalized spacial score (nSPS) is 31.2. The fourth-order valence-electron chi connectivity index (χ4n) is 3.60. The van der Waals surface area contributed by atoms with Gasteiger partial charge in [0.25, 0.3) is 0 Å². The number of hydrogen-bond donors (Lipinski definition) is 1. The van der Waals surface area contributed by atoms with Crippen molar-refractivity contribution < 1.29 is 9.90 Å². The van der Waals surface area contributed by atoms with E-state index in [0.717, 1.165) is 39.0 Å². The molecule has 2 heterocycles. The topological polar surface area (TPSA) is 43.8 Å². The summed E-state index contributed by atoms with van der Waals surface area (Å²) in [5.74, 6) is -0.600. The van der Waals surface area contributed by atoms with E-state index in [4.69, 9.17) is 0 Å². The summed E-state index contributed by atoms with van der Waals surface area (Å²) in [5.41, 5.74) is -0.477. The van der Waals surface area contributed by atoms with E-state index in [0.29, 0.717) is 12.1 Å². The van der Waals surface area contributed by atoms with Crippen LogP contribution in [0.1, 0.15) is 46.5 Å². The van der Waals surface area contributed by atoms with E-state index >= 15 is 0 Å². The zero-order valence-corrected chi connectivity index (χ0v) is 12.6. The zero-order chi connectivity index (χ0) is 14.0. The third-order valence-electron chi connectivity index (χ3n) is 5.26. The maximum atomic E-state index is 11.5. The first-order chi connectivity index (χ1) is 8.98. The van der Waals surface area contributed by atoms with Crippen LogP contribution in [0.15, 0.2) is 0 Å². The van der Waals surface area contributed by atoms with Gasteiger partial charge in [0.1, 0.15) is 0 Å². The summed E-state index contributed by atoms with van der Waals surface area (Å²) in [6, 6.07) is 1.23. The molecule has 2 fully saturated rings. The van der Waals surface area contributed by atoms with Gasteiger partial charge in [0.15, 0.2) is 0 Å². The number of rotatable bonds is 4. The molecule has 19 heavy (non-hydrogen) atoms. The summed E-state index contributed by atoms with van der Waals surface area (Å²) in [5, 5.41) is 9.46. The average Bonchev–Trinajstić information content (AvgIpc) is 2.84. The Morgan fingerprint density at radius 2 is 1.95 bits per heavy atom. The monoisotopic (exact) mass is 268 g/mol. The molecule has 2 rings (SSSR count). The van der Waals surface area contributed by atoms with Crippen LogP contribution in [0.3, 0.4) is 0 Å². The standard InChI is InChI=1S/C15H28N2O2/c1-4-15(14(18)19)7-10-17(11-15)13-5-8-16(9-6-13)12(2)3/h12-13H,4-11H2,1-3H3,(H,18,19). The minimum absolute atomic E-state index is 0.477. The van der Waals surface area contributed by atoms with Crippen LogP contribution in [-0.2, 0) is 4.79 Å². The van der Waals surface area contributed by atoms with E-state index in [1.807, 2.05) is 6.92 Å². The van der Waals surface area contributed by atoms with Gasteiger partial charge >= 0.3 is 5.97 Å². The smallest absolute Gasteiger partial charge is 0.310 e. The highest BCUT2D eigenvalue weighted by Gasteiger charge is 2.45. The van der Waals surface area contributed by atoms with E-state index in [1.165, 1.54) is 12.8 Å². The quantitative estimate of drug-likeness (QED) is 0.847. The molecule has 0 aliphatic carbocycles. The van der Waals surface area contributed by atoms with Crippen molar-refractivity contribution in [3.8, 4) is 0 Å². The maximum Gasteiger partial charge on any atom is 0.310 e. The molecule has 2 aliphatic heterocycles. The molecule has 0 spiro atoms. The van der Waals surface area contributed by atoms with Crippen LogP contribution in [0, 0.1) is 5.41 Å². The molecule has 0 bridgehead atoms. The summed E-state index contributed by atoms with van der Waals surface area (Å²) in [7, 11) is 0. The van der Waals surface area contributed by atoms with Gasteiger partial charge in [0, 0.05) is 18.6 Å². The molecular weight excluding hydrogens is 240 g/mol. The van der Waals surface area contributed by atoms with Gasteiger partial charge in [-0.1, -0.05) is 6.92 Å². The highest BCUT2D eigenvalue weighted by molar-refractivity contribution is 5.75. The SMILES string of the molecule is CCC1(C(=O)O)CCN(C2CCN(C(C)C)CC2)C1. The van der Waals surface area contributed by atoms with E-state index in [1.54, 1.807) is 0 Å². The molecule has 2 saturated heterocycles. The fraction of sp³-hybridized carbons (Fsp3) is 0.933. The lowest BCUT2D eigenvalue weighted by molar-refractivity contribution is -0.148. The van der Waals surface area contributed by atoms with Crippen LogP contribution in [0.25, 0.3) is 0 Å². The largest absolute Gasteiger partial charge is 0.481 e. The molecule has 0 aromatic rings. The number of piperidine rings is 1. The lowest BCUT2D eigenvalue weighted by atomic mass is 9.84. The van der Waals surface area contributed by atoms with Gasteiger partial charge in [-0.3, -0.25) is 9.69 Å². The molecule has 0 amide bonds. The Morgan fingerprint density at radius 1 is 1.32 bits per heavy atom. The second-order valence-electron chi connectivity index (χ2n) is 6.52. The van der Waals surface area contributed by atoms with Gasteiger partial charge < -0.3 is 10.0 Å². The van der Waals surface area contributed by atoms with Crippen molar-refractivity contribution in [2.24, 2.45) is 5.41 Å². The van der Waals surface area contributed by atoms with Crippen molar-refractivity contribution in [1.29, 1.82) is 0 Å². The summed E-state index contributed by atoms with van der Waals surface area (Å²) in [6.45, 7) is 10.6. The molecule has 1 N–H and O–H groups in total. The lowest BCUT2D eigenvalue weighted by Crippen LogP contribution is -2.47. The molecule has 4 heteroatoms. The lowest BCUT2D eigenvalue weighted by Gasteiger charge is -2.39. The van der Waals surface area contributed by atoms with Gasteiger partial charge in [-0.05, 0) is 59.2 Å². The Hall–Kier alpha value is -0.610. The highest BCUT2D eigenvalue weighted by Crippen LogP contribution is 2.36. The predicted octanol–water partition coefficient (Wildman–Crippen LogP) is 2.05. The molecule has 2 aliphatic rings. The van der Waals surface area contributed by atoms with E-state index in [2.05, 4.69) is 23.6 Å². The first-order valence-corrected chi connectivity index (χ1v) is 7.70. The van der Waals surface area contributed by atoms with Crippen molar-refractivity contribution in [1.82, 2.24) is 9.80 Å². The van der Waals surface area contributed by atoms with Crippen LogP contribution in [-0.4, -0.2) is 59.1 Å². The van der Waals surface area contributed by atoms with Gasteiger partial charge in [0.2, 0.25) is 0 Å².